The SMILES string of the molecule is O=C(O)c1ccc(NC(=O)c2ccc(CN3C(=O)c4ccccc4C3=O)cc2)cc1. The van der Waals surface area contributed by atoms with Crippen LogP contribution >= 0.6 is 0 Å². The van der Waals surface area contributed by atoms with E-state index in [4.69, 9.17) is 5.11 Å². The molecule has 7 heteroatoms. The van der Waals surface area contributed by atoms with Gasteiger partial charge in [0.15, 0.2) is 0 Å². The van der Waals surface area contributed by atoms with E-state index in [-0.39, 0.29) is 29.8 Å². The van der Waals surface area contributed by atoms with E-state index in [1.54, 1.807) is 48.5 Å². The number of carbonyl (C=O) groups is 4. The second-order valence-corrected chi connectivity index (χ2v) is 6.78. The minimum Gasteiger partial charge on any atom is -0.478 e. The van der Waals surface area contributed by atoms with Crippen LogP contribution in [0.2, 0.25) is 0 Å². The Balaban J connectivity index is 1.43. The van der Waals surface area contributed by atoms with Crippen molar-refractivity contribution in [1.29, 1.82) is 0 Å². The first-order chi connectivity index (χ1) is 14.4. The highest BCUT2D eigenvalue weighted by Gasteiger charge is 2.34. The van der Waals surface area contributed by atoms with E-state index in [1.807, 2.05) is 0 Å². The van der Waals surface area contributed by atoms with Gasteiger partial charge in [-0.1, -0.05) is 24.3 Å². The van der Waals surface area contributed by atoms with Gasteiger partial charge in [-0.05, 0) is 54.1 Å². The standard InChI is InChI=1S/C23H16N2O5/c26-20(24-17-11-9-16(10-12-17)23(29)30)15-7-5-14(6-8-15)13-25-21(27)18-3-1-2-4-19(18)22(25)28/h1-12H,13H2,(H,24,26)(H,29,30). The van der Waals surface area contributed by atoms with E-state index in [1.165, 1.54) is 29.2 Å². The van der Waals surface area contributed by atoms with Gasteiger partial charge in [0.05, 0.1) is 23.2 Å². The van der Waals surface area contributed by atoms with Crippen molar-refractivity contribution in [2.75, 3.05) is 5.32 Å². The number of benzene rings is 3. The molecule has 0 unspecified atom stereocenters. The minimum atomic E-state index is -1.04. The number of carboxylic acid groups (broad SMARTS) is 1. The van der Waals surface area contributed by atoms with Gasteiger partial charge in [0.1, 0.15) is 0 Å². The van der Waals surface area contributed by atoms with Crippen molar-refractivity contribution in [3.05, 3.63) is 101 Å². The van der Waals surface area contributed by atoms with Crippen LogP contribution in [-0.4, -0.2) is 33.7 Å². The molecule has 1 heterocycles. The van der Waals surface area contributed by atoms with Crippen LogP contribution < -0.4 is 5.32 Å². The van der Waals surface area contributed by atoms with Crippen LogP contribution in [0.5, 0.6) is 0 Å². The number of hydrogen-bond donors (Lipinski definition) is 2. The van der Waals surface area contributed by atoms with Crippen molar-refractivity contribution in [2.24, 2.45) is 0 Å². The number of amides is 3. The summed E-state index contributed by atoms with van der Waals surface area (Å²) < 4.78 is 0. The van der Waals surface area contributed by atoms with Crippen LogP contribution in [0.1, 0.15) is 47.0 Å². The van der Waals surface area contributed by atoms with Crippen molar-refractivity contribution in [1.82, 2.24) is 4.90 Å². The molecule has 1 aliphatic heterocycles. The molecule has 0 saturated heterocycles. The summed E-state index contributed by atoms with van der Waals surface area (Å²) in [6.07, 6.45) is 0. The third-order valence-corrected chi connectivity index (χ3v) is 4.82. The Bertz CT molecular complexity index is 1130. The smallest absolute Gasteiger partial charge is 0.335 e. The average Bonchev–Trinajstić information content (AvgIpc) is 3.00. The molecular weight excluding hydrogens is 384 g/mol. The van der Waals surface area contributed by atoms with Crippen molar-refractivity contribution in [2.45, 2.75) is 6.54 Å². The maximum absolute atomic E-state index is 12.5. The zero-order valence-electron chi connectivity index (χ0n) is 15.7. The Morgan fingerprint density at radius 1 is 0.767 bits per heavy atom. The Morgan fingerprint density at radius 2 is 1.30 bits per heavy atom. The van der Waals surface area contributed by atoms with Crippen LogP contribution in [0.3, 0.4) is 0 Å². The topological polar surface area (TPSA) is 104 Å². The van der Waals surface area contributed by atoms with Gasteiger partial charge in [-0.2, -0.15) is 0 Å². The van der Waals surface area contributed by atoms with E-state index in [0.717, 1.165) is 0 Å². The van der Waals surface area contributed by atoms with E-state index >= 15 is 0 Å². The van der Waals surface area contributed by atoms with Gasteiger partial charge in [-0.25, -0.2) is 4.79 Å². The van der Waals surface area contributed by atoms with Gasteiger partial charge in [0.2, 0.25) is 0 Å². The fraction of sp³-hybridized carbons (Fsp3) is 0.0435. The maximum Gasteiger partial charge on any atom is 0.335 e. The molecule has 30 heavy (non-hydrogen) atoms. The van der Waals surface area contributed by atoms with E-state index < -0.39 is 5.97 Å². The van der Waals surface area contributed by atoms with Gasteiger partial charge >= 0.3 is 5.97 Å². The highest BCUT2D eigenvalue weighted by molar-refractivity contribution is 6.21. The summed E-state index contributed by atoms with van der Waals surface area (Å²) in [6, 6.07) is 19.1. The highest BCUT2D eigenvalue weighted by atomic mass is 16.4. The molecule has 0 saturated carbocycles. The molecular formula is C23H16N2O5. The highest BCUT2D eigenvalue weighted by Crippen LogP contribution is 2.24. The van der Waals surface area contributed by atoms with Crippen LogP contribution in [-0.2, 0) is 6.54 Å². The van der Waals surface area contributed by atoms with Crippen LogP contribution in [0.15, 0.2) is 72.8 Å². The quantitative estimate of drug-likeness (QED) is 0.639. The molecule has 3 amide bonds. The van der Waals surface area contributed by atoms with Crippen LogP contribution in [0.4, 0.5) is 5.69 Å². The average molecular weight is 400 g/mol. The fourth-order valence-corrected chi connectivity index (χ4v) is 3.23. The monoisotopic (exact) mass is 400 g/mol. The van der Waals surface area contributed by atoms with Crippen LogP contribution in [0.25, 0.3) is 0 Å². The molecule has 0 fully saturated rings. The molecule has 7 nitrogen and oxygen atoms in total. The largest absolute Gasteiger partial charge is 0.478 e. The lowest BCUT2D eigenvalue weighted by molar-refractivity contribution is 0.0639. The van der Waals surface area contributed by atoms with Gasteiger partial charge in [-0.3, -0.25) is 19.3 Å². The lowest BCUT2D eigenvalue weighted by atomic mass is 10.1. The van der Waals surface area contributed by atoms with Gasteiger partial charge < -0.3 is 10.4 Å². The Kier molecular flexibility index (Phi) is 4.85. The van der Waals surface area contributed by atoms with E-state index in [9.17, 15) is 19.2 Å². The molecule has 0 aromatic heterocycles. The zero-order chi connectivity index (χ0) is 21.3. The third-order valence-electron chi connectivity index (χ3n) is 4.82. The first-order valence-electron chi connectivity index (χ1n) is 9.13. The van der Waals surface area contributed by atoms with Crippen molar-refractivity contribution in [3.63, 3.8) is 0 Å². The number of hydrogen-bond acceptors (Lipinski definition) is 4. The minimum absolute atomic E-state index is 0.116. The summed E-state index contributed by atoms with van der Waals surface area (Å²) in [5.74, 6) is -2.06. The zero-order valence-corrected chi connectivity index (χ0v) is 15.7. The number of fused-ring (bicyclic) bond motifs is 1. The molecule has 0 bridgehead atoms. The Morgan fingerprint density at radius 3 is 1.83 bits per heavy atom. The molecule has 0 radical (unpaired) electrons. The second-order valence-electron chi connectivity index (χ2n) is 6.78. The number of carboxylic acids is 1. The van der Waals surface area contributed by atoms with Gasteiger partial charge in [0.25, 0.3) is 17.7 Å². The predicted molar refractivity (Wildman–Crippen MR) is 108 cm³/mol. The fourth-order valence-electron chi connectivity index (χ4n) is 3.23. The normalized spacial score (nSPS) is 12.6. The first-order valence-corrected chi connectivity index (χ1v) is 9.13. The number of rotatable bonds is 5. The predicted octanol–water partition coefficient (Wildman–Crippen LogP) is 3.43. The lowest BCUT2D eigenvalue weighted by Crippen LogP contribution is -2.29. The number of nitrogens with zero attached hydrogens (tertiary/aromatic N) is 1. The number of aromatic carboxylic acids is 1. The summed E-state index contributed by atoms with van der Waals surface area (Å²) >= 11 is 0. The number of anilines is 1. The summed E-state index contributed by atoms with van der Waals surface area (Å²) in [5, 5.41) is 11.6. The second kappa shape index (κ2) is 7.63. The van der Waals surface area contributed by atoms with Crippen molar-refractivity contribution in [3.8, 4) is 0 Å². The molecule has 1 aliphatic rings. The third kappa shape index (κ3) is 3.56. The Hall–Kier alpha value is -4.26. The molecule has 4 rings (SSSR count). The van der Waals surface area contributed by atoms with Crippen molar-refractivity contribution < 1.29 is 24.3 Å². The summed E-state index contributed by atoms with van der Waals surface area (Å²) in [7, 11) is 0. The summed E-state index contributed by atoms with van der Waals surface area (Å²) in [5.41, 5.74) is 2.50. The lowest BCUT2D eigenvalue weighted by Gasteiger charge is -2.14. The van der Waals surface area contributed by atoms with Gasteiger partial charge in [-0.15, -0.1) is 0 Å². The number of imide groups is 1. The van der Waals surface area contributed by atoms with Crippen LogP contribution in [0, 0.1) is 0 Å². The summed E-state index contributed by atoms with van der Waals surface area (Å²) in [6.45, 7) is 0.116. The first kappa shape index (κ1) is 19.1. The molecule has 148 valence electrons. The maximum atomic E-state index is 12.5. The molecule has 3 aromatic rings. The van der Waals surface area contributed by atoms with Gasteiger partial charge in [0, 0.05) is 11.3 Å². The molecule has 0 spiro atoms. The molecule has 0 atom stereocenters. The number of nitrogens with one attached hydrogen (secondary N) is 1. The van der Waals surface area contributed by atoms with E-state index in [2.05, 4.69) is 5.32 Å². The summed E-state index contributed by atoms with van der Waals surface area (Å²) in [4.78, 5) is 49.4. The van der Waals surface area contributed by atoms with Crippen molar-refractivity contribution >= 4 is 29.4 Å². The molecule has 0 aliphatic carbocycles. The molecule has 2 N–H and O–H groups in total. The number of carbonyl (C=O) groups excluding carboxylic acids is 3. The molecule has 3 aromatic carbocycles. The Labute approximate surface area is 171 Å². The van der Waals surface area contributed by atoms with E-state index in [0.29, 0.717) is 27.9 Å².